The van der Waals surface area contributed by atoms with Crippen molar-refractivity contribution in [2.45, 2.75) is 6.61 Å². The highest BCUT2D eigenvalue weighted by Crippen LogP contribution is 2.18. The van der Waals surface area contributed by atoms with Crippen LogP contribution in [0, 0.1) is 17.5 Å². The van der Waals surface area contributed by atoms with Gasteiger partial charge in [-0.25, -0.2) is 13.2 Å². The summed E-state index contributed by atoms with van der Waals surface area (Å²) < 4.78 is 44.5. The van der Waals surface area contributed by atoms with Crippen LogP contribution in [0.25, 0.3) is 0 Å². The van der Waals surface area contributed by atoms with Gasteiger partial charge in [0, 0.05) is 16.1 Å². The minimum absolute atomic E-state index is 0.125. The largest absolute Gasteiger partial charge is 0.459 e. The number of rotatable bonds is 5. The number of nitrogens with one attached hydrogen (secondary N) is 1. The van der Waals surface area contributed by atoms with Crippen LogP contribution in [0.15, 0.2) is 40.9 Å². The Balaban J connectivity index is 1.85. The van der Waals surface area contributed by atoms with Gasteiger partial charge in [-0.05, 0) is 24.3 Å². The minimum Gasteiger partial charge on any atom is -0.459 e. The van der Waals surface area contributed by atoms with Crippen molar-refractivity contribution < 1.29 is 27.5 Å². The summed E-state index contributed by atoms with van der Waals surface area (Å²) in [5.41, 5.74) is 0.158. The van der Waals surface area contributed by atoms with Crippen LogP contribution in [0.5, 0.6) is 0 Å². The molecule has 0 bridgehead atoms. The summed E-state index contributed by atoms with van der Waals surface area (Å²) in [6, 6.07) is 6.36. The van der Waals surface area contributed by atoms with Gasteiger partial charge in [0.2, 0.25) is 0 Å². The van der Waals surface area contributed by atoms with Crippen LogP contribution in [-0.2, 0) is 16.1 Å². The van der Waals surface area contributed by atoms with Crippen LogP contribution in [0.4, 0.5) is 13.2 Å². The smallest absolute Gasteiger partial charge is 0.325 e. The molecule has 2 aromatic carbocycles. The Morgan fingerprint density at radius 1 is 1.04 bits per heavy atom. The van der Waals surface area contributed by atoms with E-state index < -0.39 is 35.9 Å². The molecule has 2 aromatic rings. The van der Waals surface area contributed by atoms with Crippen molar-refractivity contribution in [1.82, 2.24) is 5.32 Å². The fraction of sp³-hybridized carbons (Fsp3) is 0.125. The van der Waals surface area contributed by atoms with Crippen LogP contribution >= 0.6 is 15.9 Å². The standard InChI is InChI=1S/C16H11BrF3NO3/c17-13-5-10(18)2-1-9(13)8-24-15(22)7-21-16(23)12-4-3-11(19)6-14(12)20/h1-6H,7-8H2,(H,21,23). The molecule has 0 atom stereocenters. The maximum Gasteiger partial charge on any atom is 0.325 e. The minimum atomic E-state index is -1.03. The summed E-state index contributed by atoms with van der Waals surface area (Å²) in [7, 11) is 0. The summed E-state index contributed by atoms with van der Waals surface area (Å²) >= 11 is 3.13. The van der Waals surface area contributed by atoms with E-state index in [0.29, 0.717) is 16.1 Å². The fourth-order valence-electron chi connectivity index (χ4n) is 1.77. The van der Waals surface area contributed by atoms with Crippen LogP contribution < -0.4 is 5.32 Å². The van der Waals surface area contributed by atoms with Crippen molar-refractivity contribution >= 4 is 27.8 Å². The van der Waals surface area contributed by atoms with Gasteiger partial charge in [-0.3, -0.25) is 9.59 Å². The number of carbonyl (C=O) groups is 2. The summed E-state index contributed by atoms with van der Waals surface area (Å²) in [4.78, 5) is 23.3. The molecule has 8 heteroatoms. The molecule has 0 unspecified atom stereocenters. The molecule has 4 nitrogen and oxygen atoms in total. The van der Waals surface area contributed by atoms with Crippen molar-refractivity contribution in [3.8, 4) is 0 Å². The predicted octanol–water partition coefficient (Wildman–Crippen LogP) is 3.34. The van der Waals surface area contributed by atoms with E-state index in [1.807, 2.05) is 0 Å². The normalized spacial score (nSPS) is 10.3. The van der Waals surface area contributed by atoms with Crippen LogP contribution in [0.3, 0.4) is 0 Å². The molecule has 24 heavy (non-hydrogen) atoms. The third-order valence-electron chi connectivity index (χ3n) is 2.97. The Bertz CT molecular complexity index is 783. The van der Waals surface area contributed by atoms with Gasteiger partial charge >= 0.3 is 5.97 Å². The lowest BCUT2D eigenvalue weighted by molar-refractivity contribution is -0.143. The Kier molecular flexibility index (Phi) is 5.97. The second kappa shape index (κ2) is 7.96. The molecule has 0 aliphatic heterocycles. The van der Waals surface area contributed by atoms with E-state index in [1.165, 1.54) is 18.2 Å². The summed E-state index contributed by atoms with van der Waals surface area (Å²) in [6.45, 7) is -0.616. The van der Waals surface area contributed by atoms with E-state index in [9.17, 15) is 22.8 Å². The van der Waals surface area contributed by atoms with Gasteiger partial charge in [-0.1, -0.05) is 22.0 Å². The molecule has 0 radical (unpaired) electrons. The molecule has 0 saturated heterocycles. The molecule has 2 rings (SSSR count). The van der Waals surface area contributed by atoms with Gasteiger partial charge in [-0.15, -0.1) is 0 Å². The Hall–Kier alpha value is -2.35. The van der Waals surface area contributed by atoms with E-state index >= 15 is 0 Å². The highest BCUT2D eigenvalue weighted by Gasteiger charge is 2.14. The number of amides is 1. The summed E-state index contributed by atoms with van der Waals surface area (Å²) in [5, 5.41) is 2.17. The van der Waals surface area contributed by atoms with Gasteiger partial charge in [0.25, 0.3) is 5.91 Å². The first-order valence-corrected chi connectivity index (χ1v) is 7.49. The van der Waals surface area contributed by atoms with Gasteiger partial charge in [0.05, 0.1) is 5.56 Å². The van der Waals surface area contributed by atoms with Crippen molar-refractivity contribution in [1.29, 1.82) is 0 Å². The number of ether oxygens (including phenoxy) is 1. The van der Waals surface area contributed by atoms with Gasteiger partial charge < -0.3 is 10.1 Å². The molecule has 0 aliphatic rings. The number of carbonyl (C=O) groups excluding carboxylic acids is 2. The first kappa shape index (κ1) is 18.0. The molecule has 0 aromatic heterocycles. The second-order valence-electron chi connectivity index (χ2n) is 4.70. The zero-order valence-electron chi connectivity index (χ0n) is 12.1. The lowest BCUT2D eigenvalue weighted by atomic mass is 10.2. The maximum atomic E-state index is 13.4. The average Bonchev–Trinajstić information content (AvgIpc) is 2.51. The van der Waals surface area contributed by atoms with Gasteiger partial charge in [-0.2, -0.15) is 0 Å². The average molecular weight is 402 g/mol. The van der Waals surface area contributed by atoms with Crippen LogP contribution in [0.1, 0.15) is 15.9 Å². The Morgan fingerprint density at radius 2 is 1.71 bits per heavy atom. The first-order valence-electron chi connectivity index (χ1n) is 6.69. The quantitative estimate of drug-likeness (QED) is 0.781. The SMILES string of the molecule is O=C(CNC(=O)c1ccc(F)cc1F)OCc1ccc(F)cc1Br. The summed E-state index contributed by atoms with van der Waals surface area (Å²) in [5.74, 6) is -3.91. The monoisotopic (exact) mass is 401 g/mol. The van der Waals surface area contributed by atoms with E-state index in [2.05, 4.69) is 21.2 Å². The molecule has 0 spiro atoms. The zero-order chi connectivity index (χ0) is 17.7. The third kappa shape index (κ3) is 4.82. The molecule has 0 aliphatic carbocycles. The molecule has 126 valence electrons. The maximum absolute atomic E-state index is 13.4. The van der Waals surface area contributed by atoms with E-state index in [0.717, 1.165) is 12.1 Å². The van der Waals surface area contributed by atoms with Crippen LogP contribution in [0.2, 0.25) is 0 Å². The molecule has 0 fully saturated rings. The molecule has 1 amide bonds. The molecule has 1 N–H and O–H groups in total. The Labute approximate surface area is 143 Å². The van der Waals surface area contributed by atoms with Crippen molar-refractivity contribution in [2.75, 3.05) is 6.54 Å². The van der Waals surface area contributed by atoms with Crippen molar-refractivity contribution in [3.05, 3.63) is 69.4 Å². The fourth-order valence-corrected chi connectivity index (χ4v) is 2.23. The molecular weight excluding hydrogens is 391 g/mol. The molecule has 0 saturated carbocycles. The van der Waals surface area contributed by atoms with Gasteiger partial charge in [0.15, 0.2) is 0 Å². The number of esters is 1. The van der Waals surface area contributed by atoms with Gasteiger partial charge in [0.1, 0.15) is 30.6 Å². The van der Waals surface area contributed by atoms with Crippen LogP contribution in [-0.4, -0.2) is 18.4 Å². The highest BCUT2D eigenvalue weighted by atomic mass is 79.9. The van der Waals surface area contributed by atoms with E-state index in [4.69, 9.17) is 4.74 Å². The topological polar surface area (TPSA) is 55.4 Å². The van der Waals surface area contributed by atoms with E-state index in [-0.39, 0.29) is 12.2 Å². The summed E-state index contributed by atoms with van der Waals surface area (Å²) in [6.07, 6.45) is 0. The highest BCUT2D eigenvalue weighted by molar-refractivity contribution is 9.10. The predicted molar refractivity (Wildman–Crippen MR) is 82.6 cm³/mol. The Morgan fingerprint density at radius 3 is 2.38 bits per heavy atom. The second-order valence-corrected chi connectivity index (χ2v) is 5.56. The number of benzene rings is 2. The molecular formula is C16H11BrF3NO3. The lowest BCUT2D eigenvalue weighted by Crippen LogP contribution is -2.31. The molecule has 0 heterocycles. The zero-order valence-corrected chi connectivity index (χ0v) is 13.7. The first-order chi connectivity index (χ1) is 11.4. The third-order valence-corrected chi connectivity index (χ3v) is 3.71. The van der Waals surface area contributed by atoms with Crippen molar-refractivity contribution in [3.63, 3.8) is 0 Å². The number of hydrogen-bond donors (Lipinski definition) is 1. The van der Waals surface area contributed by atoms with E-state index in [1.54, 1.807) is 0 Å². The number of halogens is 4. The lowest BCUT2D eigenvalue weighted by Gasteiger charge is -2.08. The van der Waals surface area contributed by atoms with Crippen molar-refractivity contribution in [2.24, 2.45) is 0 Å². The number of hydrogen-bond acceptors (Lipinski definition) is 3.